The Morgan fingerprint density at radius 2 is 1.96 bits per heavy atom. The number of carbonyl (C=O) groups is 1. The molecule has 0 radical (unpaired) electrons. The Bertz CT molecular complexity index is 732. The summed E-state index contributed by atoms with van der Waals surface area (Å²) in [7, 11) is 1.53. The number of ether oxygens (including phenoxy) is 3. The van der Waals surface area contributed by atoms with Crippen molar-refractivity contribution >= 4 is 12.3 Å². The molecule has 0 saturated heterocycles. The fourth-order valence-electron chi connectivity index (χ4n) is 1.95. The molecule has 2 rings (SSSR count). The van der Waals surface area contributed by atoms with Gasteiger partial charge in [0.15, 0.2) is 11.5 Å². The quantitative estimate of drug-likeness (QED) is 0.615. The minimum absolute atomic E-state index is 0.273. The molecule has 6 nitrogen and oxygen atoms in total. The van der Waals surface area contributed by atoms with Crippen molar-refractivity contribution in [2.45, 2.75) is 13.5 Å². The molecule has 0 bridgehead atoms. The molecule has 7 heteroatoms. The van der Waals surface area contributed by atoms with E-state index >= 15 is 0 Å². The maximum absolute atomic E-state index is 12.9. The molecule has 0 aliphatic carbocycles. The van der Waals surface area contributed by atoms with Crippen molar-refractivity contribution in [1.82, 2.24) is 5.43 Å². The van der Waals surface area contributed by atoms with E-state index in [4.69, 9.17) is 14.2 Å². The van der Waals surface area contributed by atoms with Crippen molar-refractivity contribution in [3.05, 3.63) is 59.4 Å². The average Bonchev–Trinajstić information content (AvgIpc) is 2.62. The van der Waals surface area contributed by atoms with Crippen LogP contribution in [0.1, 0.15) is 18.1 Å². The van der Waals surface area contributed by atoms with Gasteiger partial charge in [-0.2, -0.15) is 5.10 Å². The lowest BCUT2D eigenvalue weighted by molar-refractivity contribution is 0.152. The summed E-state index contributed by atoms with van der Waals surface area (Å²) in [6.07, 6.45) is 0.841. The standard InChI is InChI=1S/C18H19FN2O4/c1-3-24-18(22)21-20-11-14-6-9-16(17(10-14)23-2)25-12-13-4-7-15(19)8-5-13/h4-11H,3,12H2,1-2H3,(H,21,22)/b20-11-. The van der Waals surface area contributed by atoms with Crippen LogP contribution in [-0.2, 0) is 11.3 Å². The third-order valence-electron chi connectivity index (χ3n) is 3.14. The second kappa shape index (κ2) is 9.27. The van der Waals surface area contributed by atoms with Gasteiger partial charge in [-0.25, -0.2) is 14.6 Å². The molecule has 2 aromatic rings. The van der Waals surface area contributed by atoms with Crippen molar-refractivity contribution in [3.8, 4) is 11.5 Å². The Labute approximate surface area is 145 Å². The van der Waals surface area contributed by atoms with Crippen LogP contribution >= 0.6 is 0 Å². The summed E-state index contributed by atoms with van der Waals surface area (Å²) >= 11 is 0. The first kappa shape index (κ1) is 18.3. The molecule has 25 heavy (non-hydrogen) atoms. The van der Waals surface area contributed by atoms with Crippen molar-refractivity contribution < 1.29 is 23.4 Å². The Kier molecular flexibility index (Phi) is 6.76. The second-order valence-corrected chi connectivity index (χ2v) is 4.92. The molecular formula is C18H19FN2O4. The summed E-state index contributed by atoms with van der Waals surface area (Å²) < 4.78 is 28.6. The van der Waals surface area contributed by atoms with Gasteiger partial charge in [-0.05, 0) is 48.4 Å². The number of nitrogens with zero attached hydrogens (tertiary/aromatic N) is 1. The van der Waals surface area contributed by atoms with Crippen LogP contribution in [-0.4, -0.2) is 26.0 Å². The number of halogens is 1. The SMILES string of the molecule is CCOC(=O)N/N=C\c1ccc(OCc2ccc(F)cc2)c(OC)c1. The zero-order valence-electron chi connectivity index (χ0n) is 14.0. The molecule has 1 amide bonds. The lowest BCUT2D eigenvalue weighted by Gasteiger charge is -2.11. The number of hydrogen-bond acceptors (Lipinski definition) is 5. The van der Waals surface area contributed by atoms with Gasteiger partial charge < -0.3 is 14.2 Å². The van der Waals surface area contributed by atoms with E-state index in [1.54, 1.807) is 37.3 Å². The highest BCUT2D eigenvalue weighted by atomic mass is 19.1. The van der Waals surface area contributed by atoms with Gasteiger partial charge in [-0.3, -0.25) is 0 Å². The number of hydrogen-bond donors (Lipinski definition) is 1. The Balaban J connectivity index is 1.99. The average molecular weight is 346 g/mol. The van der Waals surface area contributed by atoms with E-state index in [1.807, 2.05) is 0 Å². The second-order valence-electron chi connectivity index (χ2n) is 4.92. The summed E-state index contributed by atoms with van der Waals surface area (Å²) in [6, 6.07) is 11.3. The number of amides is 1. The van der Waals surface area contributed by atoms with Gasteiger partial charge in [0, 0.05) is 0 Å². The van der Waals surface area contributed by atoms with Crippen LogP contribution in [0, 0.1) is 5.82 Å². The summed E-state index contributed by atoms with van der Waals surface area (Å²) in [5.41, 5.74) is 3.79. The van der Waals surface area contributed by atoms with Crippen molar-refractivity contribution in [1.29, 1.82) is 0 Å². The van der Waals surface area contributed by atoms with E-state index in [1.165, 1.54) is 25.5 Å². The van der Waals surface area contributed by atoms with Gasteiger partial charge in [-0.1, -0.05) is 12.1 Å². The maximum atomic E-state index is 12.9. The van der Waals surface area contributed by atoms with E-state index < -0.39 is 6.09 Å². The van der Waals surface area contributed by atoms with Gasteiger partial charge in [0.25, 0.3) is 0 Å². The van der Waals surface area contributed by atoms with Crippen molar-refractivity contribution in [3.63, 3.8) is 0 Å². The molecule has 0 aromatic heterocycles. The van der Waals surface area contributed by atoms with E-state index in [0.717, 1.165) is 5.56 Å². The number of nitrogens with one attached hydrogen (secondary N) is 1. The Morgan fingerprint density at radius 1 is 1.20 bits per heavy atom. The van der Waals surface area contributed by atoms with Gasteiger partial charge in [0.2, 0.25) is 0 Å². The third-order valence-corrected chi connectivity index (χ3v) is 3.14. The van der Waals surface area contributed by atoms with Crippen molar-refractivity contribution in [2.24, 2.45) is 5.10 Å². The smallest absolute Gasteiger partial charge is 0.427 e. The predicted molar refractivity (Wildman–Crippen MR) is 91.5 cm³/mol. The summed E-state index contributed by atoms with van der Waals surface area (Å²) in [6.45, 7) is 2.27. The van der Waals surface area contributed by atoms with Crippen LogP contribution < -0.4 is 14.9 Å². The fourth-order valence-corrected chi connectivity index (χ4v) is 1.95. The highest BCUT2D eigenvalue weighted by Gasteiger charge is 2.06. The fraction of sp³-hybridized carbons (Fsp3) is 0.222. The normalized spacial score (nSPS) is 10.5. The lowest BCUT2D eigenvalue weighted by atomic mass is 10.2. The molecular weight excluding hydrogens is 327 g/mol. The predicted octanol–water partition coefficient (Wildman–Crippen LogP) is 3.49. The molecule has 2 aromatic carbocycles. The maximum Gasteiger partial charge on any atom is 0.427 e. The summed E-state index contributed by atoms with van der Waals surface area (Å²) in [4.78, 5) is 11.1. The molecule has 0 unspecified atom stereocenters. The Morgan fingerprint density at radius 3 is 2.64 bits per heavy atom. The minimum Gasteiger partial charge on any atom is -0.493 e. The minimum atomic E-state index is -0.620. The first-order chi connectivity index (χ1) is 12.1. The number of benzene rings is 2. The zero-order valence-corrected chi connectivity index (χ0v) is 14.0. The van der Waals surface area contributed by atoms with Crippen molar-refractivity contribution in [2.75, 3.05) is 13.7 Å². The third kappa shape index (κ3) is 5.80. The number of rotatable bonds is 7. The molecule has 132 valence electrons. The molecule has 0 fully saturated rings. The van der Waals surface area contributed by atoms with Gasteiger partial charge in [0.1, 0.15) is 12.4 Å². The monoisotopic (exact) mass is 346 g/mol. The highest BCUT2D eigenvalue weighted by Crippen LogP contribution is 2.28. The van der Waals surface area contributed by atoms with Gasteiger partial charge >= 0.3 is 6.09 Å². The first-order valence-electron chi connectivity index (χ1n) is 7.63. The van der Waals surface area contributed by atoms with Crippen LogP contribution in [0.2, 0.25) is 0 Å². The van der Waals surface area contributed by atoms with E-state index in [9.17, 15) is 9.18 Å². The molecule has 1 N–H and O–H groups in total. The van der Waals surface area contributed by atoms with E-state index in [-0.39, 0.29) is 19.0 Å². The van der Waals surface area contributed by atoms with E-state index in [2.05, 4.69) is 10.5 Å². The van der Waals surface area contributed by atoms with Crippen LogP contribution in [0.15, 0.2) is 47.6 Å². The lowest BCUT2D eigenvalue weighted by Crippen LogP contribution is -2.18. The van der Waals surface area contributed by atoms with E-state index in [0.29, 0.717) is 17.1 Å². The molecule has 0 heterocycles. The van der Waals surface area contributed by atoms with Crippen LogP contribution in [0.4, 0.5) is 9.18 Å². The number of carbonyl (C=O) groups excluding carboxylic acids is 1. The molecule has 0 saturated carbocycles. The van der Waals surface area contributed by atoms with Gasteiger partial charge in [0.05, 0.1) is 19.9 Å². The van der Waals surface area contributed by atoms with Gasteiger partial charge in [-0.15, -0.1) is 0 Å². The van der Waals surface area contributed by atoms with Crippen LogP contribution in [0.25, 0.3) is 0 Å². The summed E-state index contributed by atoms with van der Waals surface area (Å²) in [5, 5.41) is 3.79. The highest BCUT2D eigenvalue weighted by molar-refractivity contribution is 5.82. The van der Waals surface area contributed by atoms with Crippen LogP contribution in [0.3, 0.4) is 0 Å². The molecule has 0 aliphatic rings. The zero-order chi connectivity index (χ0) is 18.1. The molecule has 0 atom stereocenters. The summed E-state index contributed by atoms with van der Waals surface area (Å²) in [5.74, 6) is 0.769. The van der Waals surface area contributed by atoms with Crippen LogP contribution in [0.5, 0.6) is 11.5 Å². The largest absolute Gasteiger partial charge is 0.493 e. The molecule has 0 aliphatic heterocycles. The molecule has 0 spiro atoms. The first-order valence-corrected chi connectivity index (χ1v) is 7.63. The topological polar surface area (TPSA) is 69.2 Å². The Hall–Kier alpha value is -3.09. The number of hydrazone groups is 1. The number of methoxy groups -OCH3 is 1.